The van der Waals surface area contributed by atoms with Crippen LogP contribution in [0.4, 0.5) is 14.5 Å². The van der Waals surface area contributed by atoms with Crippen LogP contribution in [0.2, 0.25) is 0 Å². The van der Waals surface area contributed by atoms with Crippen LogP contribution in [-0.4, -0.2) is 33.8 Å². The van der Waals surface area contributed by atoms with E-state index in [9.17, 15) is 23.5 Å². The molecule has 41 heavy (non-hydrogen) atoms. The van der Waals surface area contributed by atoms with Crippen molar-refractivity contribution in [1.82, 2.24) is 4.98 Å². The molecule has 6 nitrogen and oxygen atoms in total. The van der Waals surface area contributed by atoms with Crippen LogP contribution < -0.4 is 11.1 Å². The third kappa shape index (κ3) is 6.88. The van der Waals surface area contributed by atoms with Crippen LogP contribution >= 0.6 is 0 Å². The predicted molar refractivity (Wildman–Crippen MR) is 155 cm³/mol. The van der Waals surface area contributed by atoms with Gasteiger partial charge in [-0.3, -0.25) is 14.6 Å². The molecule has 2 aliphatic rings. The molecule has 8 heteroatoms. The smallest absolute Gasteiger partial charge is 0.295 e. The number of pyridine rings is 1. The molecule has 0 saturated heterocycles. The number of halogens is 2. The van der Waals surface area contributed by atoms with Gasteiger partial charge in [0, 0.05) is 29.5 Å². The molecule has 5 rings (SSSR count). The number of anilines is 1. The minimum Gasteiger partial charge on any atom is -0.390 e. The molecule has 0 radical (unpaired) electrons. The Bertz CT molecular complexity index is 1380. The van der Waals surface area contributed by atoms with Crippen LogP contribution in [0, 0.1) is 11.8 Å². The molecule has 2 aliphatic carbocycles. The topological polar surface area (TPSA) is 105 Å². The average molecular weight is 562 g/mol. The number of hydrogen-bond donors (Lipinski definition) is 3. The fourth-order valence-electron chi connectivity index (χ4n) is 6.56. The van der Waals surface area contributed by atoms with Crippen LogP contribution in [-0.2, 0) is 15.1 Å². The zero-order valence-corrected chi connectivity index (χ0v) is 23.3. The number of hydrogen-bond acceptors (Lipinski definition) is 5. The summed E-state index contributed by atoms with van der Waals surface area (Å²) < 4.78 is 25.2. The molecule has 2 saturated carbocycles. The number of Topliss-reactive ketones (excluding diaryl/α,β-unsaturated/α-hetero) is 1. The number of alkyl halides is 2. The van der Waals surface area contributed by atoms with E-state index in [1.165, 1.54) is 0 Å². The summed E-state index contributed by atoms with van der Waals surface area (Å²) >= 11 is 0. The molecule has 3 aromatic rings. The Balaban J connectivity index is 1.27. The number of aliphatic hydroxyl groups is 1. The van der Waals surface area contributed by atoms with Crippen LogP contribution in [0.3, 0.4) is 0 Å². The molecule has 1 aromatic heterocycles. The molecule has 1 amide bonds. The van der Waals surface area contributed by atoms with Gasteiger partial charge in [-0.05, 0) is 74.5 Å². The summed E-state index contributed by atoms with van der Waals surface area (Å²) in [5, 5.41) is 13.2. The summed E-state index contributed by atoms with van der Waals surface area (Å²) in [4.78, 5) is 29.0. The zero-order valence-electron chi connectivity index (χ0n) is 23.3. The molecular formula is C33H37F2N3O3. The number of carbonyl (C=O) groups excluding carboxylic acids is 2. The minimum atomic E-state index is -2.90. The van der Waals surface area contributed by atoms with Gasteiger partial charge < -0.3 is 16.2 Å². The van der Waals surface area contributed by atoms with Crippen molar-refractivity contribution in [2.24, 2.45) is 17.6 Å². The fraction of sp³-hybridized carbons (Fsp3) is 0.424. The van der Waals surface area contributed by atoms with Crippen molar-refractivity contribution in [3.63, 3.8) is 0 Å². The normalized spacial score (nSPS) is 25.9. The van der Waals surface area contributed by atoms with Gasteiger partial charge in [0.1, 0.15) is 0 Å². The van der Waals surface area contributed by atoms with E-state index < -0.39 is 23.3 Å². The lowest BCUT2D eigenvalue weighted by molar-refractivity contribution is -0.130. The van der Waals surface area contributed by atoms with Crippen molar-refractivity contribution in [1.29, 1.82) is 0 Å². The fourth-order valence-corrected chi connectivity index (χ4v) is 6.56. The van der Waals surface area contributed by atoms with E-state index in [4.69, 9.17) is 10.7 Å². The monoisotopic (exact) mass is 561 g/mol. The second kappa shape index (κ2) is 11.8. The first-order chi connectivity index (χ1) is 19.5. The van der Waals surface area contributed by atoms with Gasteiger partial charge in [0.05, 0.1) is 23.2 Å². The predicted octanol–water partition coefficient (Wildman–Crippen LogP) is 6.47. The quantitative estimate of drug-likeness (QED) is 0.278. The minimum absolute atomic E-state index is 0.0194. The highest BCUT2D eigenvalue weighted by atomic mass is 19.3. The SMILES string of the molecule is CC1(O)CC(N)(c2ccc(-c3ncc(NC(=O)CC4CCC(CC(=O)C(F)F)CC4)cc3-c3ccccc3)cc2)C1. The lowest BCUT2D eigenvalue weighted by Gasteiger charge is -2.49. The first-order valence-corrected chi connectivity index (χ1v) is 14.3. The van der Waals surface area contributed by atoms with Crippen LogP contribution in [0.5, 0.6) is 0 Å². The molecule has 0 unspecified atom stereocenters. The number of ketones is 1. The van der Waals surface area contributed by atoms with E-state index in [-0.39, 0.29) is 24.2 Å². The van der Waals surface area contributed by atoms with Gasteiger partial charge in [-0.2, -0.15) is 0 Å². The third-order valence-electron chi connectivity index (χ3n) is 8.56. The Hall–Kier alpha value is -3.49. The van der Waals surface area contributed by atoms with Crippen LogP contribution in [0.15, 0.2) is 66.9 Å². The van der Waals surface area contributed by atoms with Gasteiger partial charge in [-0.1, -0.05) is 54.6 Å². The standard InChI is InChI=1S/C33H37F2N3O3/c1-32(41)19-33(36,20-32)25-13-11-24(12-14-25)30-27(23-5-3-2-4-6-23)17-26(18-37-30)38-29(40)16-22-9-7-21(8-10-22)15-28(39)31(34)35/h2-6,11-14,17-18,21-22,31,41H,7-10,15-16,19-20,36H2,1H3,(H,38,40). The summed E-state index contributed by atoms with van der Waals surface area (Å²) in [7, 11) is 0. The van der Waals surface area contributed by atoms with Crippen molar-refractivity contribution in [3.8, 4) is 22.4 Å². The molecule has 4 N–H and O–H groups in total. The number of amides is 1. The van der Waals surface area contributed by atoms with E-state index in [0.29, 0.717) is 37.8 Å². The molecule has 2 aromatic carbocycles. The van der Waals surface area contributed by atoms with Gasteiger partial charge in [0.15, 0.2) is 5.78 Å². The molecule has 0 spiro atoms. The lowest BCUT2D eigenvalue weighted by Crippen LogP contribution is -2.58. The molecule has 0 atom stereocenters. The largest absolute Gasteiger partial charge is 0.390 e. The van der Waals surface area contributed by atoms with E-state index in [0.717, 1.165) is 40.8 Å². The highest BCUT2D eigenvalue weighted by Gasteiger charge is 2.49. The molecule has 0 bridgehead atoms. The summed E-state index contributed by atoms with van der Waals surface area (Å²) in [5.74, 6) is -0.950. The van der Waals surface area contributed by atoms with Gasteiger partial charge in [-0.25, -0.2) is 8.78 Å². The Morgan fingerprint density at radius 3 is 2.17 bits per heavy atom. The van der Waals surface area contributed by atoms with Gasteiger partial charge in [0.2, 0.25) is 5.91 Å². The van der Waals surface area contributed by atoms with E-state index in [2.05, 4.69) is 5.32 Å². The Morgan fingerprint density at radius 1 is 0.976 bits per heavy atom. The highest BCUT2D eigenvalue weighted by molar-refractivity contribution is 5.93. The maximum Gasteiger partial charge on any atom is 0.295 e. The summed E-state index contributed by atoms with van der Waals surface area (Å²) in [6, 6.07) is 19.8. The second-order valence-electron chi connectivity index (χ2n) is 12.2. The molecule has 216 valence electrons. The van der Waals surface area contributed by atoms with E-state index >= 15 is 0 Å². The molecule has 2 fully saturated rings. The first-order valence-electron chi connectivity index (χ1n) is 14.3. The van der Waals surface area contributed by atoms with Crippen LogP contribution in [0.25, 0.3) is 22.4 Å². The van der Waals surface area contributed by atoms with Crippen molar-refractivity contribution >= 4 is 17.4 Å². The number of nitrogens with two attached hydrogens (primary N) is 1. The number of aromatic nitrogens is 1. The maximum absolute atomic E-state index is 12.9. The van der Waals surface area contributed by atoms with Crippen molar-refractivity contribution in [2.45, 2.75) is 75.9 Å². The summed E-state index contributed by atoms with van der Waals surface area (Å²) in [5.41, 5.74) is 10.4. The van der Waals surface area contributed by atoms with Gasteiger partial charge in [-0.15, -0.1) is 0 Å². The Labute approximate surface area is 239 Å². The highest BCUT2D eigenvalue weighted by Crippen LogP contribution is 2.46. The van der Waals surface area contributed by atoms with Crippen molar-refractivity contribution < 1.29 is 23.5 Å². The van der Waals surface area contributed by atoms with E-state index in [1.807, 2.05) is 60.7 Å². The lowest BCUT2D eigenvalue weighted by atomic mass is 9.63. The Morgan fingerprint density at radius 2 is 1.59 bits per heavy atom. The summed E-state index contributed by atoms with van der Waals surface area (Å²) in [6.45, 7) is 1.80. The number of benzene rings is 2. The first kappa shape index (κ1) is 29.0. The molecular weight excluding hydrogens is 524 g/mol. The van der Waals surface area contributed by atoms with Gasteiger partial charge >= 0.3 is 0 Å². The number of nitrogens with one attached hydrogen (secondary N) is 1. The number of nitrogens with zero attached hydrogens (tertiary/aromatic N) is 1. The number of carbonyl (C=O) groups is 2. The van der Waals surface area contributed by atoms with E-state index in [1.54, 1.807) is 13.1 Å². The Kier molecular flexibility index (Phi) is 8.34. The van der Waals surface area contributed by atoms with Crippen molar-refractivity contribution in [2.75, 3.05) is 5.32 Å². The third-order valence-corrected chi connectivity index (χ3v) is 8.56. The molecule has 1 heterocycles. The summed E-state index contributed by atoms with van der Waals surface area (Å²) in [6.07, 6.45) is 2.93. The second-order valence-corrected chi connectivity index (χ2v) is 12.2. The maximum atomic E-state index is 12.9. The van der Waals surface area contributed by atoms with Gasteiger partial charge in [0.25, 0.3) is 6.43 Å². The molecule has 0 aliphatic heterocycles. The van der Waals surface area contributed by atoms with Crippen molar-refractivity contribution in [3.05, 3.63) is 72.4 Å². The zero-order chi connectivity index (χ0) is 29.2. The number of rotatable bonds is 9. The average Bonchev–Trinajstić information content (AvgIpc) is 2.93. The van der Waals surface area contributed by atoms with Crippen LogP contribution in [0.1, 0.15) is 63.9 Å².